The zero-order valence-electron chi connectivity index (χ0n) is 16.6. The van der Waals surface area contributed by atoms with Crippen LogP contribution >= 0.6 is 11.8 Å². The predicted octanol–water partition coefficient (Wildman–Crippen LogP) is 5.15. The van der Waals surface area contributed by atoms with E-state index in [4.69, 9.17) is 0 Å². The highest BCUT2D eigenvalue weighted by atomic mass is 32.2. The molecule has 0 bridgehead atoms. The number of hydrogen-bond acceptors (Lipinski definition) is 4. The minimum atomic E-state index is -0.304. The molecule has 0 N–H and O–H groups in total. The number of aryl methyl sites for hydroxylation is 1. The van der Waals surface area contributed by atoms with Crippen molar-refractivity contribution in [1.82, 2.24) is 19.3 Å². The van der Waals surface area contributed by atoms with E-state index in [0.717, 1.165) is 29.8 Å². The first kappa shape index (κ1) is 18.6. The lowest BCUT2D eigenvalue weighted by Gasteiger charge is -2.09. The number of halogens is 1. The molecule has 2 saturated carbocycles. The number of ketones is 1. The van der Waals surface area contributed by atoms with Crippen LogP contribution in [0.4, 0.5) is 4.39 Å². The van der Waals surface area contributed by atoms with Crippen molar-refractivity contribution in [2.75, 3.05) is 5.75 Å². The van der Waals surface area contributed by atoms with Crippen molar-refractivity contribution in [3.8, 4) is 11.4 Å². The molecule has 29 heavy (non-hydrogen) atoms. The molecule has 0 unspecified atom stereocenters. The molecule has 150 valence electrons. The van der Waals surface area contributed by atoms with Gasteiger partial charge in [-0.1, -0.05) is 23.9 Å². The minimum absolute atomic E-state index is 0.104. The lowest BCUT2D eigenvalue weighted by Crippen LogP contribution is -2.07. The van der Waals surface area contributed by atoms with Crippen LogP contribution in [0, 0.1) is 19.7 Å². The Hall–Kier alpha value is -2.41. The van der Waals surface area contributed by atoms with Crippen LogP contribution in [0.25, 0.3) is 11.4 Å². The Kier molecular flexibility index (Phi) is 4.57. The summed E-state index contributed by atoms with van der Waals surface area (Å²) in [5.74, 6) is 0.652. The predicted molar refractivity (Wildman–Crippen MR) is 111 cm³/mol. The highest BCUT2D eigenvalue weighted by Gasteiger charge is 2.32. The number of carbonyl (C=O) groups excluding carboxylic acids is 1. The van der Waals surface area contributed by atoms with Gasteiger partial charge in [-0.15, -0.1) is 10.2 Å². The molecule has 0 amide bonds. The number of hydrogen-bond donors (Lipinski definition) is 0. The van der Waals surface area contributed by atoms with Crippen molar-refractivity contribution < 1.29 is 9.18 Å². The molecule has 1 aromatic carbocycles. The van der Waals surface area contributed by atoms with Gasteiger partial charge >= 0.3 is 0 Å². The number of thioether (sulfide) groups is 1. The second-order valence-corrected chi connectivity index (χ2v) is 8.93. The van der Waals surface area contributed by atoms with Gasteiger partial charge in [0.15, 0.2) is 16.8 Å². The van der Waals surface area contributed by atoms with Gasteiger partial charge in [0.1, 0.15) is 5.82 Å². The molecule has 0 saturated heterocycles. The van der Waals surface area contributed by atoms with Gasteiger partial charge in [-0.05, 0) is 57.7 Å². The Balaban J connectivity index is 1.38. The maximum absolute atomic E-state index is 14.3. The van der Waals surface area contributed by atoms with Crippen LogP contribution in [-0.2, 0) is 0 Å². The van der Waals surface area contributed by atoms with Crippen molar-refractivity contribution in [3.05, 3.63) is 53.1 Å². The Bertz CT molecular complexity index is 1090. The maximum atomic E-state index is 14.3. The molecule has 0 spiro atoms. The summed E-state index contributed by atoms with van der Waals surface area (Å²) < 4.78 is 18.6. The number of benzene rings is 1. The van der Waals surface area contributed by atoms with E-state index in [0.29, 0.717) is 28.3 Å². The van der Waals surface area contributed by atoms with Crippen molar-refractivity contribution >= 4 is 17.5 Å². The topological polar surface area (TPSA) is 52.7 Å². The summed E-state index contributed by atoms with van der Waals surface area (Å²) in [5, 5.41) is 9.25. The SMILES string of the molecule is Cc1cc(C(=O)CSc2nnc(-c3ccccc3F)n2C2CC2)c(C)n1C1CC1. The number of rotatable bonds is 7. The lowest BCUT2D eigenvalue weighted by molar-refractivity contribution is 0.102. The molecule has 2 heterocycles. The fourth-order valence-electron chi connectivity index (χ4n) is 4.03. The van der Waals surface area contributed by atoms with Crippen LogP contribution in [0.15, 0.2) is 35.5 Å². The average Bonchev–Trinajstić information content (AvgIpc) is 3.64. The molecular weight excluding hydrogens is 387 g/mol. The zero-order chi connectivity index (χ0) is 20.1. The molecule has 2 fully saturated rings. The first-order valence-corrected chi connectivity index (χ1v) is 11.1. The number of Topliss-reactive ketones (excluding diaryl/α,β-unsaturated/α-hetero) is 1. The van der Waals surface area contributed by atoms with Crippen molar-refractivity contribution in [1.29, 1.82) is 0 Å². The maximum Gasteiger partial charge on any atom is 0.192 e. The van der Waals surface area contributed by atoms with E-state index in [2.05, 4.69) is 21.7 Å². The number of aromatic nitrogens is 4. The molecule has 5 nitrogen and oxygen atoms in total. The molecular formula is C22H23FN4OS. The van der Waals surface area contributed by atoms with E-state index in [1.807, 2.05) is 17.6 Å². The molecule has 2 aliphatic carbocycles. The molecule has 0 aliphatic heterocycles. The number of carbonyl (C=O) groups is 1. The van der Waals surface area contributed by atoms with Gasteiger partial charge < -0.3 is 4.57 Å². The van der Waals surface area contributed by atoms with Crippen LogP contribution in [-0.4, -0.2) is 30.9 Å². The van der Waals surface area contributed by atoms with Crippen LogP contribution in [0.3, 0.4) is 0 Å². The second kappa shape index (κ2) is 7.13. The van der Waals surface area contributed by atoms with E-state index in [1.54, 1.807) is 18.2 Å². The van der Waals surface area contributed by atoms with Crippen LogP contribution in [0.2, 0.25) is 0 Å². The van der Waals surface area contributed by atoms with E-state index in [1.165, 1.54) is 30.7 Å². The molecule has 2 aromatic heterocycles. The summed E-state index contributed by atoms with van der Waals surface area (Å²) in [6, 6.07) is 9.49. The van der Waals surface area contributed by atoms with Gasteiger partial charge in [-0.3, -0.25) is 9.36 Å². The van der Waals surface area contributed by atoms with Crippen LogP contribution < -0.4 is 0 Å². The van der Waals surface area contributed by atoms with Crippen molar-refractivity contribution in [3.63, 3.8) is 0 Å². The first-order valence-electron chi connectivity index (χ1n) is 10.1. The van der Waals surface area contributed by atoms with E-state index in [-0.39, 0.29) is 17.6 Å². The van der Waals surface area contributed by atoms with E-state index < -0.39 is 0 Å². The van der Waals surface area contributed by atoms with Crippen molar-refractivity contribution in [2.45, 2.75) is 56.8 Å². The third-order valence-electron chi connectivity index (χ3n) is 5.72. The quantitative estimate of drug-likeness (QED) is 0.399. The lowest BCUT2D eigenvalue weighted by atomic mass is 10.2. The molecule has 7 heteroatoms. The third-order valence-corrected chi connectivity index (χ3v) is 6.66. The van der Waals surface area contributed by atoms with Crippen LogP contribution in [0.5, 0.6) is 0 Å². The van der Waals surface area contributed by atoms with Gasteiger partial charge in [0, 0.05) is 29.0 Å². The first-order chi connectivity index (χ1) is 14.0. The largest absolute Gasteiger partial charge is 0.345 e. The molecule has 2 aliphatic rings. The highest BCUT2D eigenvalue weighted by Crippen LogP contribution is 2.42. The van der Waals surface area contributed by atoms with Gasteiger partial charge in [-0.2, -0.15) is 0 Å². The normalized spacial score (nSPS) is 16.4. The second-order valence-electron chi connectivity index (χ2n) is 7.99. The smallest absolute Gasteiger partial charge is 0.192 e. The Morgan fingerprint density at radius 3 is 2.48 bits per heavy atom. The van der Waals surface area contributed by atoms with Gasteiger partial charge in [0.25, 0.3) is 0 Å². The molecule has 5 rings (SSSR count). The highest BCUT2D eigenvalue weighted by molar-refractivity contribution is 7.99. The Morgan fingerprint density at radius 1 is 1.10 bits per heavy atom. The summed E-state index contributed by atoms with van der Waals surface area (Å²) in [7, 11) is 0. The van der Waals surface area contributed by atoms with Gasteiger partial charge in [0.05, 0.1) is 11.3 Å². The summed E-state index contributed by atoms with van der Waals surface area (Å²) in [5.41, 5.74) is 3.47. The van der Waals surface area contributed by atoms with E-state index >= 15 is 0 Å². The summed E-state index contributed by atoms with van der Waals surface area (Å²) in [4.78, 5) is 12.9. The van der Waals surface area contributed by atoms with E-state index in [9.17, 15) is 9.18 Å². The summed E-state index contributed by atoms with van der Waals surface area (Å²) in [6.07, 6.45) is 4.46. The summed E-state index contributed by atoms with van der Waals surface area (Å²) >= 11 is 1.40. The molecule has 3 aromatic rings. The van der Waals surface area contributed by atoms with Gasteiger partial charge in [-0.25, -0.2) is 4.39 Å². The zero-order valence-corrected chi connectivity index (χ0v) is 17.4. The van der Waals surface area contributed by atoms with Crippen LogP contribution in [0.1, 0.15) is 59.5 Å². The average molecular weight is 411 g/mol. The minimum Gasteiger partial charge on any atom is -0.345 e. The fourth-order valence-corrected chi connectivity index (χ4v) is 4.91. The standard InChI is InChI=1S/C22H23FN4OS/c1-13-11-18(14(2)26(13)15-7-8-15)20(28)12-29-22-25-24-21(27(22)16-9-10-16)17-5-3-4-6-19(17)23/h3-6,11,15-16H,7-10,12H2,1-2H3. The fraction of sp³-hybridized carbons (Fsp3) is 0.409. The van der Waals surface area contributed by atoms with Gasteiger partial charge in [0.2, 0.25) is 0 Å². The molecule has 0 atom stereocenters. The van der Waals surface area contributed by atoms with Crippen molar-refractivity contribution in [2.24, 2.45) is 0 Å². The molecule has 0 radical (unpaired) electrons. The number of nitrogens with zero attached hydrogens (tertiary/aromatic N) is 4. The summed E-state index contributed by atoms with van der Waals surface area (Å²) in [6.45, 7) is 4.10. The Morgan fingerprint density at radius 2 is 1.79 bits per heavy atom. The Labute approximate surface area is 173 Å². The monoisotopic (exact) mass is 410 g/mol. The third kappa shape index (κ3) is 3.41.